The number of hydrogen-bond donors (Lipinski definition) is 0. The lowest BCUT2D eigenvalue weighted by molar-refractivity contribution is 0.425. The fourth-order valence-electron chi connectivity index (χ4n) is 1.04. The first-order chi connectivity index (χ1) is 6.66. The largest absolute Gasteiger partial charge is 0.334 e. The van der Waals surface area contributed by atoms with Crippen LogP contribution in [0.25, 0.3) is 11.5 Å². The third-order valence-corrected chi connectivity index (χ3v) is 2.43. The minimum atomic E-state index is 0.445. The third-order valence-electron chi connectivity index (χ3n) is 1.69. The van der Waals surface area contributed by atoms with Crippen molar-refractivity contribution in [2.24, 2.45) is 0 Å². The number of hydrogen-bond acceptors (Lipinski definition) is 3. The number of aryl methyl sites for hydroxylation is 1. The molecule has 0 spiro atoms. The van der Waals surface area contributed by atoms with E-state index in [0.29, 0.717) is 21.8 Å². The van der Waals surface area contributed by atoms with E-state index in [4.69, 9.17) is 27.7 Å². The quantitative estimate of drug-likeness (QED) is 0.752. The van der Waals surface area contributed by atoms with E-state index >= 15 is 0 Å². The van der Waals surface area contributed by atoms with E-state index in [1.165, 1.54) is 0 Å². The summed E-state index contributed by atoms with van der Waals surface area (Å²) >= 11 is 11.6. The Kier molecular flexibility index (Phi) is 2.44. The lowest BCUT2D eigenvalue weighted by Gasteiger charge is -1.96. The van der Waals surface area contributed by atoms with Gasteiger partial charge in [-0.1, -0.05) is 28.4 Å². The summed E-state index contributed by atoms with van der Waals surface area (Å²) in [5.41, 5.74) is 0.764. The van der Waals surface area contributed by atoms with Gasteiger partial charge in [0.1, 0.15) is 0 Å². The van der Waals surface area contributed by atoms with Crippen LogP contribution in [0, 0.1) is 6.92 Å². The van der Waals surface area contributed by atoms with Crippen LogP contribution >= 0.6 is 23.2 Å². The molecule has 0 unspecified atom stereocenters. The van der Waals surface area contributed by atoms with Crippen LogP contribution in [0.15, 0.2) is 22.7 Å². The Balaban J connectivity index is 2.47. The van der Waals surface area contributed by atoms with Gasteiger partial charge in [0.05, 0.1) is 10.0 Å². The van der Waals surface area contributed by atoms with E-state index in [9.17, 15) is 0 Å². The summed E-state index contributed by atoms with van der Waals surface area (Å²) in [5, 5.41) is 4.66. The van der Waals surface area contributed by atoms with E-state index in [2.05, 4.69) is 10.1 Å². The molecule has 0 bridgehead atoms. The van der Waals surface area contributed by atoms with Gasteiger partial charge in [0.15, 0.2) is 5.82 Å². The molecule has 2 aromatic rings. The molecule has 0 aliphatic rings. The molecule has 1 heterocycles. The molecule has 1 aromatic carbocycles. The Morgan fingerprint density at radius 2 is 2.00 bits per heavy atom. The summed E-state index contributed by atoms with van der Waals surface area (Å²) in [4.78, 5) is 4.07. The third kappa shape index (κ3) is 1.74. The first kappa shape index (κ1) is 9.49. The standard InChI is InChI=1S/C9H6Cl2N2O/c1-5-12-9(14-13-5)6-2-3-7(10)8(11)4-6/h2-4H,1H3. The number of benzene rings is 1. The molecule has 72 valence electrons. The van der Waals surface area contributed by atoms with Crippen molar-refractivity contribution < 1.29 is 4.52 Å². The van der Waals surface area contributed by atoms with E-state index in [1.807, 2.05) is 0 Å². The van der Waals surface area contributed by atoms with E-state index in [1.54, 1.807) is 25.1 Å². The summed E-state index contributed by atoms with van der Waals surface area (Å²) in [6, 6.07) is 5.16. The first-order valence-corrected chi connectivity index (χ1v) is 4.68. The van der Waals surface area contributed by atoms with Crippen LogP contribution in [0.2, 0.25) is 10.0 Å². The van der Waals surface area contributed by atoms with Crippen molar-refractivity contribution in [3.63, 3.8) is 0 Å². The van der Waals surface area contributed by atoms with E-state index < -0.39 is 0 Å². The highest BCUT2D eigenvalue weighted by Crippen LogP contribution is 2.27. The Hall–Kier alpha value is -1.06. The average molecular weight is 229 g/mol. The highest BCUT2D eigenvalue weighted by molar-refractivity contribution is 6.42. The van der Waals surface area contributed by atoms with E-state index in [0.717, 1.165) is 5.56 Å². The Bertz CT molecular complexity index is 468. The van der Waals surface area contributed by atoms with Gasteiger partial charge in [0.25, 0.3) is 5.89 Å². The molecule has 5 heteroatoms. The molecule has 0 N–H and O–H groups in total. The fourth-order valence-corrected chi connectivity index (χ4v) is 1.34. The lowest BCUT2D eigenvalue weighted by atomic mass is 10.2. The molecule has 1 aromatic heterocycles. The molecule has 0 atom stereocenters. The normalized spacial score (nSPS) is 10.5. The fraction of sp³-hybridized carbons (Fsp3) is 0.111. The molecule has 2 rings (SSSR count). The molecular weight excluding hydrogens is 223 g/mol. The zero-order chi connectivity index (χ0) is 10.1. The highest BCUT2D eigenvalue weighted by atomic mass is 35.5. The maximum absolute atomic E-state index is 5.85. The summed E-state index contributed by atoms with van der Waals surface area (Å²) < 4.78 is 4.98. The second-order valence-electron chi connectivity index (χ2n) is 2.78. The minimum absolute atomic E-state index is 0.445. The predicted molar refractivity (Wildman–Crippen MR) is 54.5 cm³/mol. The van der Waals surface area contributed by atoms with Gasteiger partial charge in [0.2, 0.25) is 0 Å². The van der Waals surface area contributed by atoms with Gasteiger partial charge in [-0.3, -0.25) is 0 Å². The Morgan fingerprint density at radius 3 is 2.57 bits per heavy atom. The van der Waals surface area contributed by atoms with Gasteiger partial charge in [-0.15, -0.1) is 0 Å². The minimum Gasteiger partial charge on any atom is -0.334 e. The van der Waals surface area contributed by atoms with Gasteiger partial charge in [-0.2, -0.15) is 4.98 Å². The molecule has 0 radical (unpaired) electrons. The molecule has 14 heavy (non-hydrogen) atoms. The van der Waals surface area contributed by atoms with E-state index in [-0.39, 0.29) is 0 Å². The SMILES string of the molecule is Cc1noc(-c2ccc(Cl)c(Cl)c2)n1. The van der Waals surface area contributed by atoms with Gasteiger partial charge in [0, 0.05) is 5.56 Å². The second kappa shape index (κ2) is 3.59. The highest BCUT2D eigenvalue weighted by Gasteiger charge is 2.07. The van der Waals surface area contributed by atoms with Crippen molar-refractivity contribution in [2.75, 3.05) is 0 Å². The molecule has 0 amide bonds. The van der Waals surface area contributed by atoms with Crippen LogP contribution < -0.4 is 0 Å². The first-order valence-electron chi connectivity index (χ1n) is 3.92. The van der Waals surface area contributed by atoms with Crippen molar-refractivity contribution in [1.29, 1.82) is 0 Å². The van der Waals surface area contributed by atoms with Crippen LogP contribution in [0.4, 0.5) is 0 Å². The number of rotatable bonds is 1. The number of nitrogens with zero attached hydrogens (tertiary/aromatic N) is 2. The molecular formula is C9H6Cl2N2O. The Morgan fingerprint density at radius 1 is 1.21 bits per heavy atom. The smallest absolute Gasteiger partial charge is 0.257 e. The van der Waals surface area contributed by atoms with Crippen molar-refractivity contribution >= 4 is 23.2 Å². The summed E-state index contributed by atoms with van der Waals surface area (Å²) in [6.45, 7) is 1.75. The maximum Gasteiger partial charge on any atom is 0.257 e. The molecule has 0 fully saturated rings. The van der Waals surface area contributed by atoms with Crippen LogP contribution in [-0.2, 0) is 0 Å². The van der Waals surface area contributed by atoms with Crippen molar-refractivity contribution in [3.8, 4) is 11.5 Å². The summed E-state index contributed by atoms with van der Waals surface area (Å²) in [5.74, 6) is 1.03. The number of aromatic nitrogens is 2. The molecule has 0 aliphatic carbocycles. The van der Waals surface area contributed by atoms with Gasteiger partial charge in [-0.05, 0) is 25.1 Å². The van der Waals surface area contributed by atoms with Gasteiger partial charge in [-0.25, -0.2) is 0 Å². The van der Waals surface area contributed by atoms with Crippen molar-refractivity contribution in [2.45, 2.75) is 6.92 Å². The van der Waals surface area contributed by atoms with Crippen LogP contribution in [0.5, 0.6) is 0 Å². The zero-order valence-corrected chi connectivity index (χ0v) is 8.80. The van der Waals surface area contributed by atoms with Gasteiger partial charge >= 0.3 is 0 Å². The van der Waals surface area contributed by atoms with Crippen LogP contribution in [0.3, 0.4) is 0 Å². The average Bonchev–Trinajstić information content (AvgIpc) is 2.57. The topological polar surface area (TPSA) is 38.9 Å². The van der Waals surface area contributed by atoms with Gasteiger partial charge < -0.3 is 4.52 Å². The van der Waals surface area contributed by atoms with Crippen LogP contribution in [0.1, 0.15) is 5.82 Å². The zero-order valence-electron chi connectivity index (χ0n) is 7.29. The lowest BCUT2D eigenvalue weighted by Crippen LogP contribution is -1.78. The van der Waals surface area contributed by atoms with Crippen molar-refractivity contribution in [3.05, 3.63) is 34.1 Å². The second-order valence-corrected chi connectivity index (χ2v) is 3.59. The molecule has 0 saturated carbocycles. The summed E-state index contributed by atoms with van der Waals surface area (Å²) in [7, 11) is 0. The predicted octanol–water partition coefficient (Wildman–Crippen LogP) is 3.35. The summed E-state index contributed by atoms with van der Waals surface area (Å²) in [6.07, 6.45) is 0. The molecule has 0 aliphatic heterocycles. The van der Waals surface area contributed by atoms with Crippen LogP contribution in [-0.4, -0.2) is 10.1 Å². The monoisotopic (exact) mass is 228 g/mol. The Labute approximate surface area is 90.6 Å². The number of halogens is 2. The molecule has 3 nitrogen and oxygen atoms in total. The maximum atomic E-state index is 5.85. The van der Waals surface area contributed by atoms with Crippen molar-refractivity contribution in [1.82, 2.24) is 10.1 Å². The molecule has 0 saturated heterocycles.